The molecular formula is C25H34Cl2F2O4Si. The molecule has 0 spiro atoms. The average molecular weight is 536 g/mol. The lowest BCUT2D eigenvalue weighted by Gasteiger charge is -2.36. The molecule has 0 aliphatic heterocycles. The molecular weight excluding hydrogens is 501 g/mol. The number of hydrogen-bond donors (Lipinski definition) is 1. The van der Waals surface area contributed by atoms with Crippen LogP contribution in [0.1, 0.15) is 68.9 Å². The van der Waals surface area contributed by atoms with Crippen LogP contribution >= 0.6 is 23.2 Å². The first-order valence-electron chi connectivity index (χ1n) is 11.1. The fourth-order valence-corrected chi connectivity index (χ4v) is 4.89. The Balaban J connectivity index is 2.47. The van der Waals surface area contributed by atoms with E-state index in [2.05, 4.69) is 33.9 Å². The Labute approximate surface area is 212 Å². The van der Waals surface area contributed by atoms with E-state index in [1.165, 1.54) is 25.3 Å². The van der Waals surface area contributed by atoms with Gasteiger partial charge in [0, 0.05) is 34.4 Å². The summed E-state index contributed by atoms with van der Waals surface area (Å²) >= 11 is 12.7. The molecule has 0 aliphatic rings. The fourth-order valence-electron chi connectivity index (χ4n) is 3.23. The van der Waals surface area contributed by atoms with Crippen LogP contribution in [0.15, 0.2) is 18.2 Å². The van der Waals surface area contributed by atoms with E-state index < -0.39 is 26.1 Å². The number of aliphatic hydroxyl groups is 1. The normalized spacial score (nSPS) is 13.5. The summed E-state index contributed by atoms with van der Waals surface area (Å²) in [7, 11) is -0.684. The van der Waals surface area contributed by atoms with E-state index in [4.69, 9.17) is 37.1 Å². The average Bonchev–Trinajstić information content (AvgIpc) is 2.72. The molecule has 0 fully saturated rings. The minimum atomic E-state index is -2.15. The van der Waals surface area contributed by atoms with Crippen LogP contribution in [0.25, 0.3) is 0 Å². The van der Waals surface area contributed by atoms with Crippen LogP contribution in [0.2, 0.25) is 28.2 Å². The molecule has 0 saturated heterocycles. The van der Waals surface area contributed by atoms with Gasteiger partial charge in [-0.2, -0.15) is 0 Å². The lowest BCUT2D eigenvalue weighted by atomic mass is 9.93. The van der Waals surface area contributed by atoms with Gasteiger partial charge in [0.05, 0.1) is 11.6 Å². The van der Waals surface area contributed by atoms with Crippen LogP contribution in [-0.2, 0) is 15.8 Å². The molecule has 0 heterocycles. The molecule has 34 heavy (non-hydrogen) atoms. The number of ether oxygens (including phenoxy) is 2. The second-order valence-corrected chi connectivity index (χ2v) is 15.7. The molecule has 2 aromatic carbocycles. The van der Waals surface area contributed by atoms with E-state index >= 15 is 8.78 Å². The number of methoxy groups -OCH3 is 1. The number of hydrogen-bond acceptors (Lipinski definition) is 4. The summed E-state index contributed by atoms with van der Waals surface area (Å²) in [4.78, 5) is 0. The summed E-state index contributed by atoms with van der Waals surface area (Å²) in [6.45, 7) is 13.9. The van der Waals surface area contributed by atoms with E-state index in [0.29, 0.717) is 5.75 Å². The molecule has 0 saturated carbocycles. The van der Waals surface area contributed by atoms with Crippen LogP contribution in [0.3, 0.4) is 0 Å². The number of benzene rings is 2. The van der Waals surface area contributed by atoms with E-state index in [0.717, 1.165) is 0 Å². The zero-order chi connectivity index (χ0) is 26.0. The highest BCUT2D eigenvalue weighted by molar-refractivity contribution is 6.74. The highest BCUT2D eigenvalue weighted by Crippen LogP contribution is 2.42. The van der Waals surface area contributed by atoms with Crippen molar-refractivity contribution in [1.82, 2.24) is 0 Å². The highest BCUT2D eigenvalue weighted by atomic mass is 35.5. The van der Waals surface area contributed by atoms with Crippen LogP contribution < -0.4 is 4.74 Å². The topological polar surface area (TPSA) is 47.9 Å². The molecule has 0 aliphatic carbocycles. The van der Waals surface area contributed by atoms with Gasteiger partial charge in [0.1, 0.15) is 23.5 Å². The second-order valence-electron chi connectivity index (χ2n) is 10.1. The van der Waals surface area contributed by atoms with E-state index in [-0.39, 0.29) is 56.7 Å². The molecule has 2 rings (SSSR count). The van der Waals surface area contributed by atoms with Crippen molar-refractivity contribution in [1.29, 1.82) is 0 Å². The summed E-state index contributed by atoms with van der Waals surface area (Å²) in [5.74, 6) is -1.37. The highest BCUT2D eigenvalue weighted by Gasteiger charge is 2.37. The Morgan fingerprint density at radius 1 is 1.06 bits per heavy atom. The third kappa shape index (κ3) is 6.12. The number of aliphatic hydroxyl groups excluding tert-OH is 1. The van der Waals surface area contributed by atoms with Gasteiger partial charge in [-0.1, -0.05) is 57.8 Å². The maximum absolute atomic E-state index is 15.5. The Kier molecular flexibility index (Phi) is 9.58. The predicted octanol–water partition coefficient (Wildman–Crippen LogP) is 7.98. The summed E-state index contributed by atoms with van der Waals surface area (Å²) in [5.41, 5.74) is 0.265. The minimum absolute atomic E-state index is 0.00443. The number of rotatable bonds is 9. The molecule has 2 aromatic rings. The van der Waals surface area contributed by atoms with E-state index in [1.807, 2.05) is 0 Å². The molecule has 1 unspecified atom stereocenters. The van der Waals surface area contributed by atoms with Crippen molar-refractivity contribution in [2.75, 3.05) is 13.9 Å². The first kappa shape index (κ1) is 29.0. The molecule has 0 aromatic heterocycles. The third-order valence-corrected chi connectivity index (χ3v) is 11.5. The fraction of sp³-hybridized carbons (Fsp3) is 0.520. The van der Waals surface area contributed by atoms with Crippen molar-refractivity contribution in [3.63, 3.8) is 0 Å². The van der Waals surface area contributed by atoms with Gasteiger partial charge in [0.15, 0.2) is 15.1 Å². The summed E-state index contributed by atoms with van der Waals surface area (Å²) in [5, 5.41) is 10.6. The van der Waals surface area contributed by atoms with Crippen molar-refractivity contribution in [3.8, 4) is 5.75 Å². The van der Waals surface area contributed by atoms with Gasteiger partial charge in [0.2, 0.25) is 0 Å². The predicted molar refractivity (Wildman–Crippen MR) is 135 cm³/mol. The molecule has 9 heteroatoms. The van der Waals surface area contributed by atoms with Gasteiger partial charge in [-0.15, -0.1) is 0 Å². The minimum Gasteiger partial charge on any atom is -0.467 e. The zero-order valence-electron chi connectivity index (χ0n) is 21.0. The lowest BCUT2D eigenvalue weighted by Crippen LogP contribution is -2.40. The maximum Gasteiger partial charge on any atom is 0.192 e. The first-order chi connectivity index (χ1) is 15.6. The second kappa shape index (κ2) is 11.2. The Morgan fingerprint density at radius 3 is 2.21 bits per heavy atom. The van der Waals surface area contributed by atoms with Crippen LogP contribution in [0.4, 0.5) is 8.78 Å². The molecule has 0 bridgehead atoms. The Hall–Kier alpha value is -1.22. The standard InChI is InChI=1S/C25H34Cl2F2O4Si/c1-14(2)19-18(32-13-31-6)10-9-16(23(19)29)24(30)20-17(26)11-15(22(28)21(20)27)12-33-34(7,8)25(3,4)5/h9-11,14,24,30H,12-13H2,1-8H3. The van der Waals surface area contributed by atoms with Gasteiger partial charge in [-0.25, -0.2) is 8.78 Å². The van der Waals surface area contributed by atoms with Crippen molar-refractivity contribution in [3.05, 3.63) is 62.1 Å². The van der Waals surface area contributed by atoms with Crippen molar-refractivity contribution < 1.29 is 27.8 Å². The third-order valence-electron chi connectivity index (χ3n) is 6.31. The molecule has 0 radical (unpaired) electrons. The van der Waals surface area contributed by atoms with Crippen molar-refractivity contribution in [2.24, 2.45) is 0 Å². The van der Waals surface area contributed by atoms with E-state index in [9.17, 15) is 5.11 Å². The maximum atomic E-state index is 15.5. The molecule has 0 amide bonds. The molecule has 4 nitrogen and oxygen atoms in total. The quantitative estimate of drug-likeness (QED) is 0.201. The van der Waals surface area contributed by atoms with Gasteiger partial charge in [0.25, 0.3) is 0 Å². The summed E-state index contributed by atoms with van der Waals surface area (Å²) in [6.07, 6.45) is -1.58. The Morgan fingerprint density at radius 2 is 1.68 bits per heavy atom. The Bertz CT molecular complexity index is 1020. The summed E-state index contributed by atoms with van der Waals surface area (Å²) < 4.78 is 47.1. The lowest BCUT2D eigenvalue weighted by molar-refractivity contribution is 0.0499. The number of halogens is 4. The zero-order valence-corrected chi connectivity index (χ0v) is 23.5. The monoisotopic (exact) mass is 534 g/mol. The smallest absolute Gasteiger partial charge is 0.192 e. The van der Waals surface area contributed by atoms with Gasteiger partial charge >= 0.3 is 0 Å². The van der Waals surface area contributed by atoms with Crippen LogP contribution in [0, 0.1) is 11.6 Å². The molecule has 1 N–H and O–H groups in total. The van der Waals surface area contributed by atoms with Gasteiger partial charge in [-0.3, -0.25) is 0 Å². The first-order valence-corrected chi connectivity index (χ1v) is 14.7. The van der Waals surface area contributed by atoms with Crippen molar-refractivity contribution >= 4 is 31.5 Å². The van der Waals surface area contributed by atoms with Crippen LogP contribution in [-0.4, -0.2) is 27.3 Å². The molecule has 190 valence electrons. The molecule has 1 atom stereocenters. The largest absolute Gasteiger partial charge is 0.467 e. The van der Waals surface area contributed by atoms with Crippen LogP contribution in [0.5, 0.6) is 5.75 Å². The SMILES string of the molecule is COCOc1ccc(C(O)c2c(Cl)cc(CO[Si](C)(C)C(C)(C)C)c(F)c2Cl)c(F)c1C(C)C. The van der Waals surface area contributed by atoms with Gasteiger partial charge in [-0.05, 0) is 42.2 Å². The summed E-state index contributed by atoms with van der Waals surface area (Å²) in [6, 6.07) is 4.29. The van der Waals surface area contributed by atoms with Crippen molar-refractivity contribution in [2.45, 2.75) is 71.4 Å². The van der Waals surface area contributed by atoms with Gasteiger partial charge < -0.3 is 19.0 Å². The van der Waals surface area contributed by atoms with E-state index in [1.54, 1.807) is 13.8 Å².